The van der Waals surface area contributed by atoms with Crippen LogP contribution >= 0.6 is 11.6 Å². The third-order valence-electron chi connectivity index (χ3n) is 5.30. The maximum absolute atomic E-state index is 5.93. The summed E-state index contributed by atoms with van der Waals surface area (Å²) in [5, 5.41) is 0.727. The van der Waals surface area contributed by atoms with E-state index in [1.807, 2.05) is 42.6 Å². The predicted molar refractivity (Wildman–Crippen MR) is 121 cm³/mol. The van der Waals surface area contributed by atoms with Gasteiger partial charge in [0.2, 0.25) is 5.95 Å². The zero-order chi connectivity index (χ0) is 20.9. The van der Waals surface area contributed by atoms with Crippen LogP contribution in [0.25, 0.3) is 0 Å². The quantitative estimate of drug-likeness (QED) is 0.653. The highest BCUT2D eigenvalue weighted by atomic mass is 35.5. The van der Waals surface area contributed by atoms with Crippen molar-refractivity contribution in [2.75, 3.05) is 43.9 Å². The molecule has 6 nitrogen and oxygen atoms in total. The second kappa shape index (κ2) is 9.32. The lowest BCUT2D eigenvalue weighted by molar-refractivity contribution is 0.306. The Morgan fingerprint density at radius 3 is 2.33 bits per heavy atom. The van der Waals surface area contributed by atoms with Crippen molar-refractivity contribution < 1.29 is 4.74 Å². The van der Waals surface area contributed by atoms with Crippen LogP contribution in [0.5, 0.6) is 5.75 Å². The van der Waals surface area contributed by atoms with Gasteiger partial charge in [0, 0.05) is 49.4 Å². The number of nitrogen functional groups attached to an aromatic ring is 1. The van der Waals surface area contributed by atoms with Crippen molar-refractivity contribution in [2.24, 2.45) is 0 Å². The first kappa shape index (κ1) is 20.4. The zero-order valence-corrected chi connectivity index (χ0v) is 17.8. The van der Waals surface area contributed by atoms with Crippen molar-refractivity contribution in [3.05, 3.63) is 76.4 Å². The Bertz CT molecular complexity index is 970. The molecule has 0 saturated carbocycles. The van der Waals surface area contributed by atoms with Gasteiger partial charge in [0.15, 0.2) is 0 Å². The molecule has 1 aliphatic rings. The first-order valence-corrected chi connectivity index (χ1v) is 10.5. The van der Waals surface area contributed by atoms with E-state index in [4.69, 9.17) is 22.1 Å². The minimum Gasteiger partial charge on any atom is -0.489 e. The second-order valence-electron chi connectivity index (χ2n) is 7.60. The van der Waals surface area contributed by atoms with Gasteiger partial charge in [-0.3, -0.25) is 0 Å². The number of rotatable bonds is 6. The number of hydrogen-bond acceptors (Lipinski definition) is 6. The maximum Gasteiger partial charge on any atom is 0.221 e. The molecule has 0 bridgehead atoms. The van der Waals surface area contributed by atoms with Crippen LogP contribution in [0.15, 0.2) is 54.7 Å². The standard InChI is InChI=1S/C23H26ClN5O/c1-28-10-12-29(13-11-28)22-19(15-26-23(25)27-22)14-17-4-8-21(9-5-17)30-16-18-2-6-20(24)7-3-18/h2-9,15H,10-14,16H2,1H3,(H2,25,26,27). The molecule has 2 heterocycles. The van der Waals surface area contributed by atoms with Gasteiger partial charge in [-0.05, 0) is 42.4 Å². The molecule has 0 radical (unpaired) electrons. The molecule has 1 fully saturated rings. The fraction of sp³-hybridized carbons (Fsp3) is 0.304. The van der Waals surface area contributed by atoms with E-state index in [0.717, 1.165) is 60.3 Å². The molecule has 2 N–H and O–H groups in total. The van der Waals surface area contributed by atoms with Crippen LogP contribution in [0.3, 0.4) is 0 Å². The molecule has 1 aromatic heterocycles. The summed E-state index contributed by atoms with van der Waals surface area (Å²) in [5.74, 6) is 2.10. The van der Waals surface area contributed by atoms with Gasteiger partial charge in [0.05, 0.1) is 0 Å². The minimum atomic E-state index is 0.318. The molecule has 2 aromatic carbocycles. The summed E-state index contributed by atoms with van der Waals surface area (Å²) in [6.07, 6.45) is 2.60. The minimum absolute atomic E-state index is 0.318. The van der Waals surface area contributed by atoms with Crippen molar-refractivity contribution in [3.63, 3.8) is 0 Å². The molecule has 0 aliphatic carbocycles. The van der Waals surface area contributed by atoms with Gasteiger partial charge in [-0.2, -0.15) is 4.98 Å². The van der Waals surface area contributed by atoms with Gasteiger partial charge in [-0.25, -0.2) is 4.98 Å². The SMILES string of the molecule is CN1CCN(c2nc(N)ncc2Cc2ccc(OCc3ccc(Cl)cc3)cc2)CC1. The summed E-state index contributed by atoms with van der Waals surface area (Å²) in [4.78, 5) is 13.4. The highest BCUT2D eigenvalue weighted by molar-refractivity contribution is 6.30. The molecule has 0 atom stereocenters. The van der Waals surface area contributed by atoms with E-state index in [1.54, 1.807) is 0 Å². The molecule has 7 heteroatoms. The van der Waals surface area contributed by atoms with E-state index in [2.05, 4.69) is 38.9 Å². The molecular weight excluding hydrogens is 398 g/mol. The van der Waals surface area contributed by atoms with Gasteiger partial charge < -0.3 is 20.3 Å². The number of likely N-dealkylation sites (N-methyl/N-ethyl adjacent to an activating group) is 1. The van der Waals surface area contributed by atoms with E-state index < -0.39 is 0 Å². The number of nitrogens with two attached hydrogens (primary N) is 1. The molecular formula is C23H26ClN5O. The number of ether oxygens (including phenoxy) is 1. The van der Waals surface area contributed by atoms with Crippen LogP contribution in [-0.2, 0) is 13.0 Å². The second-order valence-corrected chi connectivity index (χ2v) is 8.04. The molecule has 30 heavy (non-hydrogen) atoms. The average Bonchev–Trinajstić information content (AvgIpc) is 2.76. The van der Waals surface area contributed by atoms with E-state index in [9.17, 15) is 0 Å². The summed E-state index contributed by atoms with van der Waals surface area (Å²) >= 11 is 5.93. The first-order chi connectivity index (χ1) is 14.6. The van der Waals surface area contributed by atoms with Crippen molar-refractivity contribution in [1.82, 2.24) is 14.9 Å². The molecule has 0 amide bonds. The van der Waals surface area contributed by atoms with Gasteiger partial charge >= 0.3 is 0 Å². The van der Waals surface area contributed by atoms with E-state index in [1.165, 1.54) is 5.56 Å². The highest BCUT2D eigenvalue weighted by Gasteiger charge is 2.19. The lowest BCUT2D eigenvalue weighted by Crippen LogP contribution is -2.45. The Morgan fingerprint density at radius 2 is 1.63 bits per heavy atom. The summed E-state index contributed by atoms with van der Waals surface area (Å²) in [7, 11) is 2.14. The molecule has 1 aliphatic heterocycles. The molecule has 0 unspecified atom stereocenters. The summed E-state index contributed by atoms with van der Waals surface area (Å²) in [6.45, 7) is 4.43. The Labute approximate surface area is 182 Å². The van der Waals surface area contributed by atoms with Crippen LogP contribution < -0.4 is 15.4 Å². The number of nitrogens with zero attached hydrogens (tertiary/aromatic N) is 4. The molecule has 1 saturated heterocycles. The lowest BCUT2D eigenvalue weighted by Gasteiger charge is -2.34. The number of aromatic nitrogens is 2. The number of anilines is 2. The lowest BCUT2D eigenvalue weighted by atomic mass is 10.1. The van der Waals surface area contributed by atoms with Crippen LogP contribution in [0, 0.1) is 0 Å². The Balaban J connectivity index is 1.42. The van der Waals surface area contributed by atoms with Crippen molar-refractivity contribution >= 4 is 23.4 Å². The number of benzene rings is 2. The van der Waals surface area contributed by atoms with Crippen LogP contribution in [0.2, 0.25) is 5.02 Å². The molecule has 4 rings (SSSR count). The average molecular weight is 424 g/mol. The highest BCUT2D eigenvalue weighted by Crippen LogP contribution is 2.24. The topological polar surface area (TPSA) is 67.5 Å². The predicted octanol–water partition coefficient (Wildman–Crippen LogP) is 3.63. The van der Waals surface area contributed by atoms with Crippen molar-refractivity contribution in [3.8, 4) is 5.75 Å². The molecule has 3 aromatic rings. The third kappa shape index (κ3) is 5.20. The Hall–Kier alpha value is -2.83. The Morgan fingerprint density at radius 1 is 0.967 bits per heavy atom. The Kier molecular flexibility index (Phi) is 6.35. The van der Waals surface area contributed by atoms with Gasteiger partial charge in [0.25, 0.3) is 0 Å². The summed E-state index contributed by atoms with van der Waals surface area (Å²) < 4.78 is 5.88. The fourth-order valence-corrected chi connectivity index (χ4v) is 3.62. The van der Waals surface area contributed by atoms with Gasteiger partial charge in [0.1, 0.15) is 18.2 Å². The monoisotopic (exact) mass is 423 g/mol. The van der Waals surface area contributed by atoms with Crippen LogP contribution in [-0.4, -0.2) is 48.1 Å². The number of halogens is 1. The summed E-state index contributed by atoms with van der Waals surface area (Å²) in [5.41, 5.74) is 9.23. The van der Waals surface area contributed by atoms with E-state index >= 15 is 0 Å². The summed E-state index contributed by atoms with van der Waals surface area (Å²) in [6, 6.07) is 15.8. The van der Waals surface area contributed by atoms with Crippen molar-refractivity contribution in [2.45, 2.75) is 13.0 Å². The van der Waals surface area contributed by atoms with Crippen LogP contribution in [0.1, 0.15) is 16.7 Å². The normalized spacial score (nSPS) is 14.7. The largest absolute Gasteiger partial charge is 0.489 e. The third-order valence-corrected chi connectivity index (χ3v) is 5.55. The smallest absolute Gasteiger partial charge is 0.221 e. The zero-order valence-electron chi connectivity index (χ0n) is 17.1. The molecule has 156 valence electrons. The van der Waals surface area contributed by atoms with Gasteiger partial charge in [-0.1, -0.05) is 35.9 Å². The van der Waals surface area contributed by atoms with Crippen molar-refractivity contribution in [1.29, 1.82) is 0 Å². The first-order valence-electron chi connectivity index (χ1n) is 10.1. The fourth-order valence-electron chi connectivity index (χ4n) is 3.50. The number of hydrogen-bond donors (Lipinski definition) is 1. The van der Waals surface area contributed by atoms with Gasteiger partial charge in [-0.15, -0.1) is 0 Å². The van der Waals surface area contributed by atoms with E-state index in [-0.39, 0.29) is 0 Å². The van der Waals surface area contributed by atoms with E-state index in [0.29, 0.717) is 12.6 Å². The maximum atomic E-state index is 5.93. The van der Waals surface area contributed by atoms with Crippen LogP contribution in [0.4, 0.5) is 11.8 Å². The number of piperazine rings is 1. The molecule has 0 spiro atoms.